The molecule has 1 aromatic heterocycles. The summed E-state index contributed by atoms with van der Waals surface area (Å²) in [5, 5.41) is 0.920. The number of ether oxygens (including phenoxy) is 1. The van der Waals surface area contributed by atoms with Crippen LogP contribution in [0.3, 0.4) is 0 Å². The van der Waals surface area contributed by atoms with E-state index < -0.39 is 12.6 Å². The Morgan fingerprint density at radius 2 is 1.95 bits per heavy atom. The summed E-state index contributed by atoms with van der Waals surface area (Å²) in [6.45, 7) is 0.484. The van der Waals surface area contributed by atoms with E-state index in [-0.39, 0.29) is 19.6 Å². The number of furan rings is 1. The molecule has 0 radical (unpaired) electrons. The SMILES string of the molecule is NCc1c(COCCCC(F)(F)F)oc2ccccc12. The maximum absolute atomic E-state index is 12.0. The van der Waals surface area contributed by atoms with E-state index in [1.807, 2.05) is 24.3 Å². The van der Waals surface area contributed by atoms with Crippen molar-refractivity contribution in [3.8, 4) is 0 Å². The van der Waals surface area contributed by atoms with Crippen molar-refractivity contribution in [3.63, 3.8) is 0 Å². The first-order chi connectivity index (χ1) is 9.51. The van der Waals surface area contributed by atoms with Gasteiger partial charge in [-0.05, 0) is 12.5 Å². The standard InChI is InChI=1S/C14H16F3NO2/c15-14(16,17)6-3-7-19-9-13-11(8-18)10-4-1-2-5-12(10)20-13/h1-2,4-5H,3,6-9,18H2. The summed E-state index contributed by atoms with van der Waals surface area (Å²) in [6, 6.07) is 7.45. The van der Waals surface area contributed by atoms with Gasteiger partial charge in [-0.3, -0.25) is 0 Å². The van der Waals surface area contributed by atoms with Crippen LogP contribution in [0, 0.1) is 0 Å². The molecule has 0 saturated heterocycles. The Labute approximate surface area is 114 Å². The van der Waals surface area contributed by atoms with E-state index in [0.29, 0.717) is 17.9 Å². The van der Waals surface area contributed by atoms with Gasteiger partial charge in [0.1, 0.15) is 18.0 Å². The summed E-state index contributed by atoms with van der Waals surface area (Å²) in [4.78, 5) is 0. The quantitative estimate of drug-likeness (QED) is 0.823. The monoisotopic (exact) mass is 287 g/mol. The van der Waals surface area contributed by atoms with Crippen LogP contribution in [-0.2, 0) is 17.9 Å². The molecule has 6 heteroatoms. The van der Waals surface area contributed by atoms with Crippen molar-refractivity contribution in [1.82, 2.24) is 0 Å². The summed E-state index contributed by atoms with van der Waals surface area (Å²) in [5.41, 5.74) is 7.24. The van der Waals surface area contributed by atoms with Crippen LogP contribution in [0.2, 0.25) is 0 Å². The lowest BCUT2D eigenvalue weighted by atomic mass is 10.1. The van der Waals surface area contributed by atoms with Crippen molar-refractivity contribution in [1.29, 1.82) is 0 Å². The minimum absolute atomic E-state index is 0.0422. The molecule has 2 aromatic rings. The Morgan fingerprint density at radius 3 is 2.65 bits per heavy atom. The van der Waals surface area contributed by atoms with Crippen LogP contribution >= 0.6 is 0 Å². The largest absolute Gasteiger partial charge is 0.458 e. The minimum Gasteiger partial charge on any atom is -0.458 e. The number of para-hydroxylation sites is 1. The van der Waals surface area contributed by atoms with Crippen molar-refractivity contribution in [3.05, 3.63) is 35.6 Å². The predicted octanol–water partition coefficient (Wildman–Crippen LogP) is 3.75. The summed E-state index contributed by atoms with van der Waals surface area (Å²) in [5.74, 6) is 0.584. The molecular weight excluding hydrogens is 271 g/mol. The molecule has 0 saturated carbocycles. The summed E-state index contributed by atoms with van der Waals surface area (Å²) in [7, 11) is 0. The Bertz CT molecular complexity index is 563. The van der Waals surface area contributed by atoms with Crippen LogP contribution in [-0.4, -0.2) is 12.8 Å². The normalized spacial score (nSPS) is 12.2. The van der Waals surface area contributed by atoms with Crippen molar-refractivity contribution in [2.75, 3.05) is 6.61 Å². The molecule has 110 valence electrons. The Hall–Kier alpha value is -1.53. The van der Waals surface area contributed by atoms with Gasteiger partial charge in [0.25, 0.3) is 0 Å². The lowest BCUT2D eigenvalue weighted by molar-refractivity contribution is -0.138. The lowest BCUT2D eigenvalue weighted by Crippen LogP contribution is -2.09. The van der Waals surface area contributed by atoms with Gasteiger partial charge in [0.2, 0.25) is 0 Å². The third-order valence-corrected chi connectivity index (χ3v) is 2.97. The van der Waals surface area contributed by atoms with Crippen LogP contribution in [0.15, 0.2) is 28.7 Å². The van der Waals surface area contributed by atoms with Crippen LogP contribution in [0.4, 0.5) is 13.2 Å². The fourth-order valence-electron chi connectivity index (χ4n) is 2.03. The molecule has 0 aliphatic rings. The molecule has 0 atom stereocenters. The number of hydrogen-bond acceptors (Lipinski definition) is 3. The lowest BCUT2D eigenvalue weighted by Gasteiger charge is -2.06. The number of fused-ring (bicyclic) bond motifs is 1. The second-order valence-corrected chi connectivity index (χ2v) is 4.48. The molecule has 0 amide bonds. The molecule has 2 rings (SSSR count). The van der Waals surface area contributed by atoms with Gasteiger partial charge in [-0.2, -0.15) is 13.2 Å². The molecule has 1 heterocycles. The highest BCUT2D eigenvalue weighted by atomic mass is 19.4. The molecule has 3 nitrogen and oxygen atoms in total. The van der Waals surface area contributed by atoms with Gasteiger partial charge in [-0.15, -0.1) is 0 Å². The zero-order chi connectivity index (χ0) is 14.6. The topological polar surface area (TPSA) is 48.4 Å². The van der Waals surface area contributed by atoms with E-state index in [1.165, 1.54) is 0 Å². The summed E-state index contributed by atoms with van der Waals surface area (Å²) in [6.07, 6.45) is -5.02. The second-order valence-electron chi connectivity index (χ2n) is 4.48. The van der Waals surface area contributed by atoms with E-state index in [9.17, 15) is 13.2 Å². The van der Waals surface area contributed by atoms with E-state index >= 15 is 0 Å². The third-order valence-electron chi connectivity index (χ3n) is 2.97. The smallest absolute Gasteiger partial charge is 0.389 e. The van der Waals surface area contributed by atoms with Gasteiger partial charge in [0.15, 0.2) is 0 Å². The molecule has 0 aliphatic carbocycles. The molecule has 0 unspecified atom stereocenters. The van der Waals surface area contributed by atoms with Crippen LogP contribution < -0.4 is 5.73 Å². The first-order valence-electron chi connectivity index (χ1n) is 6.35. The molecule has 1 aromatic carbocycles. The Morgan fingerprint density at radius 1 is 1.20 bits per heavy atom. The van der Waals surface area contributed by atoms with Crippen molar-refractivity contribution in [2.45, 2.75) is 32.2 Å². The number of halogens is 3. The second kappa shape index (κ2) is 6.28. The average Bonchev–Trinajstić information content (AvgIpc) is 2.74. The highest BCUT2D eigenvalue weighted by molar-refractivity contribution is 5.82. The number of rotatable bonds is 6. The number of hydrogen-bond donors (Lipinski definition) is 1. The first kappa shape index (κ1) is 14.9. The zero-order valence-corrected chi connectivity index (χ0v) is 10.9. The molecule has 2 N–H and O–H groups in total. The molecule has 20 heavy (non-hydrogen) atoms. The number of nitrogens with two attached hydrogens (primary N) is 1. The van der Waals surface area contributed by atoms with Gasteiger partial charge < -0.3 is 14.9 Å². The third kappa shape index (κ3) is 3.74. The Balaban J connectivity index is 1.93. The molecule has 0 bridgehead atoms. The van der Waals surface area contributed by atoms with E-state index in [1.54, 1.807) is 0 Å². The van der Waals surface area contributed by atoms with Gasteiger partial charge in [0.05, 0.1) is 0 Å². The Kier molecular flexibility index (Phi) is 4.67. The molecule has 0 aliphatic heterocycles. The molecule has 0 spiro atoms. The highest BCUT2D eigenvalue weighted by Crippen LogP contribution is 2.26. The van der Waals surface area contributed by atoms with E-state index in [2.05, 4.69) is 0 Å². The van der Waals surface area contributed by atoms with Crippen LogP contribution in [0.5, 0.6) is 0 Å². The number of benzene rings is 1. The van der Waals surface area contributed by atoms with E-state index in [4.69, 9.17) is 14.9 Å². The highest BCUT2D eigenvalue weighted by Gasteiger charge is 2.26. The van der Waals surface area contributed by atoms with Crippen molar-refractivity contribution < 1.29 is 22.3 Å². The fraction of sp³-hybridized carbons (Fsp3) is 0.429. The van der Waals surface area contributed by atoms with Crippen molar-refractivity contribution >= 4 is 11.0 Å². The van der Waals surface area contributed by atoms with Crippen LogP contribution in [0.1, 0.15) is 24.2 Å². The molecular formula is C14H16F3NO2. The van der Waals surface area contributed by atoms with Gasteiger partial charge in [-0.1, -0.05) is 18.2 Å². The summed E-state index contributed by atoms with van der Waals surface area (Å²) >= 11 is 0. The predicted molar refractivity (Wildman–Crippen MR) is 69.1 cm³/mol. The first-order valence-corrected chi connectivity index (χ1v) is 6.35. The maximum Gasteiger partial charge on any atom is 0.389 e. The van der Waals surface area contributed by atoms with E-state index in [0.717, 1.165) is 10.9 Å². The van der Waals surface area contributed by atoms with Crippen LogP contribution in [0.25, 0.3) is 11.0 Å². The summed E-state index contributed by atoms with van der Waals surface area (Å²) < 4.78 is 46.8. The van der Waals surface area contributed by atoms with Gasteiger partial charge in [-0.25, -0.2) is 0 Å². The zero-order valence-electron chi connectivity index (χ0n) is 10.9. The van der Waals surface area contributed by atoms with Crippen molar-refractivity contribution in [2.24, 2.45) is 5.73 Å². The van der Waals surface area contributed by atoms with Gasteiger partial charge >= 0.3 is 6.18 Å². The minimum atomic E-state index is -4.13. The number of alkyl halides is 3. The fourth-order valence-corrected chi connectivity index (χ4v) is 2.03. The average molecular weight is 287 g/mol. The maximum atomic E-state index is 12.0. The molecule has 0 fully saturated rings. The van der Waals surface area contributed by atoms with Gasteiger partial charge in [0, 0.05) is 30.5 Å².